The predicted octanol–water partition coefficient (Wildman–Crippen LogP) is 3.42. The second-order valence-corrected chi connectivity index (χ2v) is 6.94. The highest BCUT2D eigenvalue weighted by Gasteiger charge is 2.40. The Balaban J connectivity index is 0.00000208. The Labute approximate surface area is 147 Å². The molecule has 0 aromatic heterocycles. The number of nitrogens with zero attached hydrogens (tertiary/aromatic N) is 1. The van der Waals surface area contributed by atoms with E-state index in [-0.39, 0.29) is 36.0 Å². The van der Waals surface area contributed by atoms with Crippen LogP contribution in [0, 0.1) is 34.8 Å². The van der Waals surface area contributed by atoms with E-state index >= 15 is 0 Å². The molecule has 2 atom stereocenters. The molecule has 2 fully saturated rings. The second kappa shape index (κ2) is 7.49. The van der Waals surface area contributed by atoms with Crippen molar-refractivity contribution in [1.82, 2.24) is 0 Å². The van der Waals surface area contributed by atoms with Crippen LogP contribution in [0.5, 0.6) is 0 Å². The molecule has 2 bridgehead atoms. The van der Waals surface area contributed by atoms with Crippen LogP contribution in [0.2, 0.25) is 0 Å². The Morgan fingerprint density at radius 3 is 2.50 bits per heavy atom. The molecule has 1 aromatic rings. The first-order chi connectivity index (χ1) is 11.0. The number of nitrogens with one attached hydrogen (secondary N) is 1. The van der Waals surface area contributed by atoms with Gasteiger partial charge in [-0.3, -0.25) is 14.9 Å². The van der Waals surface area contributed by atoms with E-state index in [2.05, 4.69) is 5.32 Å². The van der Waals surface area contributed by atoms with E-state index in [9.17, 15) is 14.9 Å². The molecule has 6 nitrogen and oxygen atoms in total. The summed E-state index contributed by atoms with van der Waals surface area (Å²) < 4.78 is 0. The minimum atomic E-state index is -0.422. The van der Waals surface area contributed by atoms with Gasteiger partial charge in [0, 0.05) is 29.3 Å². The van der Waals surface area contributed by atoms with E-state index in [0.717, 1.165) is 25.7 Å². The van der Waals surface area contributed by atoms with Crippen LogP contribution in [0.3, 0.4) is 0 Å². The van der Waals surface area contributed by atoms with E-state index in [0.29, 0.717) is 23.1 Å². The number of nitrogens with two attached hydrogens (primary N) is 1. The Morgan fingerprint density at radius 2 is 1.92 bits per heavy atom. The standard InChI is InChI=1S/C17H23N3O3.ClH/c1-10-5-6-14(9-15(10)20(22)23)19-17(21)13-7-11-3-2-4-12(8-13)16(11)18;/h5-6,9,11-13,16H,2-4,7-8,18H2,1H3,(H,19,21);1H. The zero-order chi connectivity index (χ0) is 16.6. The summed E-state index contributed by atoms with van der Waals surface area (Å²) in [5.41, 5.74) is 7.38. The Bertz CT molecular complexity index is 624. The first-order valence-electron chi connectivity index (χ1n) is 8.27. The van der Waals surface area contributed by atoms with Crippen molar-refractivity contribution in [2.45, 2.75) is 45.1 Å². The lowest BCUT2D eigenvalue weighted by molar-refractivity contribution is -0.385. The summed E-state index contributed by atoms with van der Waals surface area (Å²) in [6.07, 6.45) is 5.09. The number of benzene rings is 1. The third kappa shape index (κ3) is 3.70. The fourth-order valence-electron chi connectivity index (χ4n) is 4.13. The SMILES string of the molecule is Cc1ccc(NC(=O)C2CC3CCCC(C2)C3N)cc1[N+](=O)[O-].Cl. The van der Waals surface area contributed by atoms with Crippen LogP contribution >= 0.6 is 12.4 Å². The highest BCUT2D eigenvalue weighted by molar-refractivity contribution is 5.93. The van der Waals surface area contributed by atoms with Crippen LogP contribution in [0.1, 0.15) is 37.7 Å². The average molecular weight is 354 g/mol. The number of aryl methyl sites for hydroxylation is 1. The average Bonchev–Trinajstić information content (AvgIpc) is 2.48. The Morgan fingerprint density at radius 1 is 1.29 bits per heavy atom. The van der Waals surface area contributed by atoms with Gasteiger partial charge < -0.3 is 11.1 Å². The molecule has 24 heavy (non-hydrogen) atoms. The van der Waals surface area contributed by atoms with Gasteiger partial charge in [-0.25, -0.2) is 0 Å². The minimum absolute atomic E-state index is 0. The van der Waals surface area contributed by atoms with Gasteiger partial charge in [0.15, 0.2) is 0 Å². The minimum Gasteiger partial charge on any atom is -0.327 e. The van der Waals surface area contributed by atoms with Gasteiger partial charge in [-0.1, -0.05) is 12.5 Å². The van der Waals surface area contributed by atoms with Crippen molar-refractivity contribution in [2.75, 3.05) is 5.32 Å². The first kappa shape index (κ1) is 18.7. The van der Waals surface area contributed by atoms with Gasteiger partial charge in [0.25, 0.3) is 5.69 Å². The number of rotatable bonds is 3. The number of fused-ring (bicyclic) bond motifs is 2. The number of amides is 1. The molecule has 2 saturated carbocycles. The van der Waals surface area contributed by atoms with E-state index < -0.39 is 4.92 Å². The van der Waals surface area contributed by atoms with Gasteiger partial charge in [-0.2, -0.15) is 0 Å². The maximum absolute atomic E-state index is 12.5. The van der Waals surface area contributed by atoms with Gasteiger partial charge in [0.05, 0.1) is 4.92 Å². The maximum atomic E-state index is 12.5. The van der Waals surface area contributed by atoms with E-state index in [1.54, 1.807) is 19.1 Å². The number of carbonyl (C=O) groups is 1. The fraction of sp³-hybridized carbons (Fsp3) is 0.588. The molecule has 3 N–H and O–H groups in total. The molecule has 132 valence electrons. The van der Waals surface area contributed by atoms with E-state index in [1.165, 1.54) is 12.5 Å². The fourth-order valence-corrected chi connectivity index (χ4v) is 4.13. The van der Waals surface area contributed by atoms with Crippen molar-refractivity contribution in [2.24, 2.45) is 23.5 Å². The summed E-state index contributed by atoms with van der Waals surface area (Å²) in [5.74, 6) is 0.800. The third-order valence-corrected chi connectivity index (χ3v) is 5.46. The number of halogens is 1. The lowest BCUT2D eigenvalue weighted by atomic mass is 9.65. The summed E-state index contributed by atoms with van der Waals surface area (Å²) in [6.45, 7) is 1.69. The molecule has 2 aliphatic carbocycles. The number of nitro groups is 1. The largest absolute Gasteiger partial charge is 0.327 e. The lowest BCUT2D eigenvalue weighted by Crippen LogP contribution is -2.48. The normalized spacial score (nSPS) is 28.6. The van der Waals surface area contributed by atoms with Crippen molar-refractivity contribution < 1.29 is 9.72 Å². The number of anilines is 1. The Hall–Kier alpha value is -1.66. The van der Waals surface area contributed by atoms with Crippen LogP contribution in [0.4, 0.5) is 11.4 Å². The smallest absolute Gasteiger partial charge is 0.274 e. The molecule has 1 aromatic carbocycles. The number of nitro benzene ring substituents is 1. The van der Waals surface area contributed by atoms with Crippen LogP contribution in [-0.4, -0.2) is 16.9 Å². The van der Waals surface area contributed by atoms with Gasteiger partial charge in [0.1, 0.15) is 0 Å². The second-order valence-electron chi connectivity index (χ2n) is 6.94. The first-order valence-corrected chi connectivity index (χ1v) is 8.27. The van der Waals surface area contributed by atoms with Crippen molar-refractivity contribution in [3.8, 4) is 0 Å². The van der Waals surface area contributed by atoms with Gasteiger partial charge >= 0.3 is 0 Å². The molecular formula is C17H24ClN3O3. The molecule has 0 spiro atoms. The van der Waals surface area contributed by atoms with Gasteiger partial charge in [0.2, 0.25) is 5.91 Å². The van der Waals surface area contributed by atoms with E-state index in [1.807, 2.05) is 0 Å². The van der Waals surface area contributed by atoms with Crippen LogP contribution in [-0.2, 0) is 4.79 Å². The molecule has 0 saturated heterocycles. The summed E-state index contributed by atoms with van der Waals surface area (Å²) >= 11 is 0. The highest BCUT2D eigenvalue weighted by atomic mass is 35.5. The molecule has 0 radical (unpaired) electrons. The molecule has 1 amide bonds. The maximum Gasteiger partial charge on any atom is 0.274 e. The zero-order valence-corrected chi connectivity index (χ0v) is 14.6. The summed E-state index contributed by atoms with van der Waals surface area (Å²) in [6, 6.07) is 5.05. The number of hydrogen-bond donors (Lipinski definition) is 2. The highest BCUT2D eigenvalue weighted by Crippen LogP contribution is 2.42. The topological polar surface area (TPSA) is 98.3 Å². The van der Waals surface area contributed by atoms with E-state index in [4.69, 9.17) is 5.73 Å². The molecule has 2 aliphatic rings. The predicted molar refractivity (Wildman–Crippen MR) is 95.2 cm³/mol. The summed E-state index contributed by atoms with van der Waals surface area (Å²) in [5, 5.41) is 13.9. The number of carbonyl (C=O) groups excluding carboxylic acids is 1. The van der Waals surface area contributed by atoms with Crippen LogP contribution in [0.15, 0.2) is 18.2 Å². The van der Waals surface area contributed by atoms with Gasteiger partial charge in [-0.05, 0) is 50.5 Å². The third-order valence-electron chi connectivity index (χ3n) is 5.46. The molecule has 3 rings (SSSR count). The van der Waals surface area contributed by atoms with Crippen LogP contribution < -0.4 is 11.1 Å². The van der Waals surface area contributed by atoms with Crippen molar-refractivity contribution >= 4 is 29.7 Å². The van der Waals surface area contributed by atoms with Crippen molar-refractivity contribution in [3.05, 3.63) is 33.9 Å². The zero-order valence-electron chi connectivity index (χ0n) is 13.7. The Kier molecular flexibility index (Phi) is 5.83. The molecule has 2 unspecified atom stereocenters. The monoisotopic (exact) mass is 353 g/mol. The molecular weight excluding hydrogens is 330 g/mol. The molecule has 7 heteroatoms. The van der Waals surface area contributed by atoms with Crippen molar-refractivity contribution in [1.29, 1.82) is 0 Å². The molecule has 0 aliphatic heterocycles. The summed E-state index contributed by atoms with van der Waals surface area (Å²) in [7, 11) is 0. The number of hydrogen-bond acceptors (Lipinski definition) is 4. The van der Waals surface area contributed by atoms with Crippen molar-refractivity contribution in [3.63, 3.8) is 0 Å². The van der Waals surface area contributed by atoms with Crippen LogP contribution in [0.25, 0.3) is 0 Å². The lowest BCUT2D eigenvalue weighted by Gasteiger charge is -2.43. The quantitative estimate of drug-likeness (QED) is 0.642. The summed E-state index contributed by atoms with van der Waals surface area (Å²) in [4.78, 5) is 23.1. The molecule has 0 heterocycles. The van der Waals surface area contributed by atoms with Gasteiger partial charge in [-0.15, -0.1) is 12.4 Å².